The fraction of sp³-hybridized carbons (Fsp3) is 0.381. The average molecular weight is 393 g/mol. The monoisotopic (exact) mass is 393 g/mol. The highest BCUT2D eigenvalue weighted by molar-refractivity contribution is 6.00. The molecule has 4 aromatic rings. The van der Waals surface area contributed by atoms with Gasteiger partial charge in [0.15, 0.2) is 11.4 Å². The van der Waals surface area contributed by atoms with Crippen LogP contribution in [0.15, 0.2) is 30.5 Å². The molecule has 0 atom stereocenters. The zero-order valence-electron chi connectivity index (χ0n) is 16.6. The number of para-hydroxylation sites is 2. The minimum absolute atomic E-state index is 0.355. The lowest BCUT2D eigenvalue weighted by atomic mass is 10.3. The predicted molar refractivity (Wildman–Crippen MR) is 109 cm³/mol. The molecule has 0 N–H and O–H groups in total. The first-order chi connectivity index (χ1) is 14.1. The van der Waals surface area contributed by atoms with Crippen molar-refractivity contribution in [2.75, 3.05) is 32.8 Å². The van der Waals surface area contributed by atoms with E-state index in [4.69, 9.17) is 19.4 Å². The Labute approximate surface area is 167 Å². The van der Waals surface area contributed by atoms with E-state index in [1.54, 1.807) is 0 Å². The third kappa shape index (κ3) is 3.14. The van der Waals surface area contributed by atoms with Crippen molar-refractivity contribution in [3.05, 3.63) is 36.3 Å². The number of nitrogens with zero attached hydrogens (tertiary/aromatic N) is 5. The molecule has 4 heterocycles. The van der Waals surface area contributed by atoms with Gasteiger partial charge in [-0.25, -0.2) is 9.97 Å². The second-order valence-corrected chi connectivity index (χ2v) is 7.35. The van der Waals surface area contributed by atoms with Crippen LogP contribution in [-0.2, 0) is 16.1 Å². The molecule has 29 heavy (non-hydrogen) atoms. The van der Waals surface area contributed by atoms with Crippen molar-refractivity contribution < 1.29 is 14.3 Å². The van der Waals surface area contributed by atoms with Crippen molar-refractivity contribution in [1.29, 1.82) is 0 Å². The molecule has 1 aliphatic heterocycles. The van der Waals surface area contributed by atoms with Gasteiger partial charge in [0.25, 0.3) is 0 Å². The summed E-state index contributed by atoms with van der Waals surface area (Å²) in [7, 11) is 0. The number of hydrogen-bond donors (Lipinski definition) is 0. The summed E-state index contributed by atoms with van der Waals surface area (Å²) in [5.74, 6) is 0.996. The van der Waals surface area contributed by atoms with Crippen LogP contribution in [0.3, 0.4) is 0 Å². The average Bonchev–Trinajstić information content (AvgIpc) is 3.25. The Balaban J connectivity index is 1.67. The first-order valence-electron chi connectivity index (χ1n) is 9.87. The first-order valence-corrected chi connectivity index (χ1v) is 9.87. The van der Waals surface area contributed by atoms with E-state index in [-0.39, 0.29) is 5.97 Å². The van der Waals surface area contributed by atoms with Crippen molar-refractivity contribution in [3.8, 4) is 5.75 Å². The van der Waals surface area contributed by atoms with Gasteiger partial charge in [0.1, 0.15) is 16.9 Å². The number of benzene rings is 1. The maximum absolute atomic E-state index is 11.7. The Morgan fingerprint density at radius 3 is 2.72 bits per heavy atom. The van der Waals surface area contributed by atoms with Crippen LogP contribution in [0.1, 0.15) is 12.7 Å². The molecule has 0 radical (unpaired) electrons. The van der Waals surface area contributed by atoms with Crippen LogP contribution in [0, 0.1) is 6.92 Å². The SMILES string of the molecule is CC(=O)Oc1cn(CCN2CCOCC2)c2nc(C)n3c4ccccc4nc3c12. The number of carbonyl (C=O) groups excluding carboxylic acids is 1. The van der Waals surface area contributed by atoms with Gasteiger partial charge in [-0.3, -0.25) is 14.1 Å². The van der Waals surface area contributed by atoms with Gasteiger partial charge >= 0.3 is 5.97 Å². The Morgan fingerprint density at radius 2 is 1.93 bits per heavy atom. The number of morpholine rings is 1. The molecule has 150 valence electrons. The fourth-order valence-electron chi connectivity index (χ4n) is 4.05. The largest absolute Gasteiger partial charge is 0.424 e. The van der Waals surface area contributed by atoms with Crippen molar-refractivity contribution in [2.24, 2.45) is 0 Å². The number of hydrogen-bond acceptors (Lipinski definition) is 6. The molecule has 8 nitrogen and oxygen atoms in total. The summed E-state index contributed by atoms with van der Waals surface area (Å²) in [4.78, 5) is 23.8. The van der Waals surface area contributed by atoms with E-state index in [0.29, 0.717) is 5.75 Å². The molecule has 0 unspecified atom stereocenters. The Morgan fingerprint density at radius 1 is 1.14 bits per heavy atom. The van der Waals surface area contributed by atoms with E-state index in [2.05, 4.69) is 9.47 Å². The van der Waals surface area contributed by atoms with E-state index in [1.165, 1.54) is 6.92 Å². The number of carbonyl (C=O) groups is 1. The van der Waals surface area contributed by atoms with Gasteiger partial charge in [0.05, 0.1) is 24.2 Å². The van der Waals surface area contributed by atoms with Crippen LogP contribution in [-0.4, -0.2) is 62.7 Å². The molecule has 1 aliphatic rings. The van der Waals surface area contributed by atoms with Gasteiger partial charge in [-0.2, -0.15) is 0 Å². The fourth-order valence-corrected chi connectivity index (χ4v) is 4.05. The predicted octanol–water partition coefficient (Wildman–Crippen LogP) is 2.40. The second-order valence-electron chi connectivity index (χ2n) is 7.35. The summed E-state index contributed by atoms with van der Waals surface area (Å²) in [5, 5.41) is 0.768. The Kier molecular flexibility index (Phi) is 4.44. The topological polar surface area (TPSA) is 73.9 Å². The molecule has 0 spiro atoms. The van der Waals surface area contributed by atoms with Gasteiger partial charge in [-0.15, -0.1) is 0 Å². The van der Waals surface area contributed by atoms with E-state index in [9.17, 15) is 4.79 Å². The third-order valence-electron chi connectivity index (χ3n) is 5.41. The molecule has 0 bridgehead atoms. The maximum Gasteiger partial charge on any atom is 0.308 e. The molecule has 1 saturated heterocycles. The highest BCUT2D eigenvalue weighted by atomic mass is 16.5. The Bertz CT molecular complexity index is 1220. The van der Waals surface area contributed by atoms with Crippen LogP contribution in [0.2, 0.25) is 0 Å². The van der Waals surface area contributed by atoms with Crippen molar-refractivity contribution in [3.63, 3.8) is 0 Å². The smallest absolute Gasteiger partial charge is 0.308 e. The molecule has 3 aromatic heterocycles. The van der Waals surface area contributed by atoms with E-state index >= 15 is 0 Å². The number of imidazole rings is 1. The quantitative estimate of drug-likeness (QED) is 0.496. The lowest BCUT2D eigenvalue weighted by Crippen LogP contribution is -2.38. The molecule has 0 amide bonds. The minimum Gasteiger partial charge on any atom is -0.424 e. The lowest BCUT2D eigenvalue weighted by Gasteiger charge is -2.26. The molecule has 5 rings (SSSR count). The van der Waals surface area contributed by atoms with Gasteiger partial charge in [0.2, 0.25) is 0 Å². The molecule has 1 fully saturated rings. The van der Waals surface area contributed by atoms with Crippen molar-refractivity contribution in [2.45, 2.75) is 20.4 Å². The van der Waals surface area contributed by atoms with Gasteiger partial charge in [-0.05, 0) is 19.1 Å². The number of aryl methyl sites for hydroxylation is 1. The van der Waals surface area contributed by atoms with Crippen LogP contribution >= 0.6 is 0 Å². The van der Waals surface area contributed by atoms with Crippen molar-refractivity contribution in [1.82, 2.24) is 23.8 Å². The summed E-state index contributed by atoms with van der Waals surface area (Å²) < 4.78 is 15.1. The summed E-state index contributed by atoms with van der Waals surface area (Å²) in [6.45, 7) is 8.42. The van der Waals surface area contributed by atoms with Crippen LogP contribution in [0.25, 0.3) is 27.7 Å². The van der Waals surface area contributed by atoms with E-state index in [1.807, 2.05) is 41.8 Å². The van der Waals surface area contributed by atoms with Gasteiger partial charge in [-0.1, -0.05) is 12.1 Å². The lowest BCUT2D eigenvalue weighted by molar-refractivity contribution is -0.131. The summed E-state index contributed by atoms with van der Waals surface area (Å²) >= 11 is 0. The molecule has 1 aromatic carbocycles. The summed E-state index contributed by atoms with van der Waals surface area (Å²) in [5.41, 5.74) is 3.42. The molecule has 8 heteroatoms. The molecular weight excluding hydrogens is 370 g/mol. The zero-order chi connectivity index (χ0) is 20.0. The summed E-state index contributed by atoms with van der Waals surface area (Å²) in [6.07, 6.45) is 1.87. The summed E-state index contributed by atoms with van der Waals surface area (Å²) in [6, 6.07) is 7.96. The molecule has 0 aliphatic carbocycles. The Hall–Kier alpha value is -2.97. The molecular formula is C21H23N5O3. The number of esters is 1. The van der Waals surface area contributed by atoms with Crippen molar-refractivity contribution >= 4 is 33.7 Å². The van der Waals surface area contributed by atoms with Crippen LogP contribution in [0.4, 0.5) is 0 Å². The van der Waals surface area contributed by atoms with E-state index in [0.717, 1.165) is 72.9 Å². The van der Waals surface area contributed by atoms with Crippen LogP contribution in [0.5, 0.6) is 5.75 Å². The normalized spacial score (nSPS) is 15.5. The highest BCUT2D eigenvalue weighted by Crippen LogP contribution is 2.33. The second kappa shape index (κ2) is 7.13. The zero-order valence-corrected chi connectivity index (χ0v) is 16.6. The number of ether oxygens (including phenoxy) is 2. The number of fused-ring (bicyclic) bond motifs is 5. The number of rotatable bonds is 4. The first kappa shape index (κ1) is 18.1. The molecule has 0 saturated carbocycles. The standard InChI is InChI=1S/C21H23N5O3/c1-14-22-20-19(21-23-16-5-3-4-6-17(16)26(14)21)18(29-15(2)27)13-25(20)8-7-24-9-11-28-12-10-24/h3-6,13H,7-12H2,1-2H3. The number of aromatic nitrogens is 4. The highest BCUT2D eigenvalue weighted by Gasteiger charge is 2.21. The minimum atomic E-state index is -0.355. The van der Waals surface area contributed by atoms with E-state index < -0.39 is 0 Å². The van der Waals surface area contributed by atoms with Crippen LogP contribution < -0.4 is 4.74 Å². The van der Waals surface area contributed by atoms with Gasteiger partial charge < -0.3 is 14.0 Å². The van der Waals surface area contributed by atoms with Gasteiger partial charge in [0, 0.05) is 39.3 Å². The third-order valence-corrected chi connectivity index (χ3v) is 5.41. The maximum atomic E-state index is 11.7.